The highest BCUT2D eigenvalue weighted by molar-refractivity contribution is 6.35. The van der Waals surface area contributed by atoms with Gasteiger partial charge in [0.15, 0.2) is 5.69 Å². The average Bonchev–Trinajstić information content (AvgIpc) is 2.45. The topological polar surface area (TPSA) is 141 Å². The molecular formula is C12H6Cl2N4O6. The van der Waals surface area contributed by atoms with Gasteiger partial charge in [0.2, 0.25) is 0 Å². The molecule has 0 unspecified atom stereocenters. The Morgan fingerprint density at radius 2 is 1.21 bits per heavy atom. The lowest BCUT2D eigenvalue weighted by Crippen LogP contribution is -2.03. The molecule has 0 aliphatic carbocycles. The van der Waals surface area contributed by atoms with Crippen LogP contribution in [0.25, 0.3) is 0 Å². The molecule has 2 rings (SSSR count). The molecule has 0 atom stereocenters. The van der Waals surface area contributed by atoms with Crippen LogP contribution in [0.2, 0.25) is 10.0 Å². The zero-order valence-electron chi connectivity index (χ0n) is 11.4. The molecule has 24 heavy (non-hydrogen) atoms. The van der Waals surface area contributed by atoms with Crippen LogP contribution in [-0.4, -0.2) is 14.8 Å². The predicted octanol–water partition coefficient (Wildman–Crippen LogP) is 4.46. The van der Waals surface area contributed by atoms with Crippen LogP contribution >= 0.6 is 23.2 Å². The fourth-order valence-corrected chi connectivity index (χ4v) is 2.42. The van der Waals surface area contributed by atoms with Gasteiger partial charge in [0.05, 0.1) is 26.9 Å². The molecular weight excluding hydrogens is 367 g/mol. The van der Waals surface area contributed by atoms with Crippen molar-refractivity contribution < 1.29 is 14.8 Å². The second-order valence-corrected chi connectivity index (χ2v) is 5.29. The van der Waals surface area contributed by atoms with Gasteiger partial charge in [-0.25, -0.2) is 0 Å². The summed E-state index contributed by atoms with van der Waals surface area (Å²) in [6.07, 6.45) is 0. The van der Waals surface area contributed by atoms with Gasteiger partial charge in [0.1, 0.15) is 0 Å². The third kappa shape index (κ3) is 3.67. The Bertz CT molecular complexity index is 817. The molecule has 0 amide bonds. The maximum absolute atomic E-state index is 11.2. The molecule has 0 fully saturated rings. The Hall–Kier alpha value is -2.98. The van der Waals surface area contributed by atoms with Crippen molar-refractivity contribution in [3.05, 3.63) is 70.7 Å². The fraction of sp³-hybridized carbons (Fsp3) is 0. The molecule has 0 aliphatic heterocycles. The maximum atomic E-state index is 11.2. The number of non-ortho nitro benzene ring substituents is 1. The van der Waals surface area contributed by atoms with Crippen molar-refractivity contribution in [3.8, 4) is 0 Å². The van der Waals surface area contributed by atoms with E-state index in [1.54, 1.807) is 0 Å². The molecule has 0 spiro atoms. The molecule has 2 aromatic rings. The van der Waals surface area contributed by atoms with Crippen molar-refractivity contribution in [1.29, 1.82) is 0 Å². The van der Waals surface area contributed by atoms with Crippen molar-refractivity contribution >= 4 is 51.6 Å². The van der Waals surface area contributed by atoms with Crippen molar-refractivity contribution in [2.75, 3.05) is 5.32 Å². The van der Waals surface area contributed by atoms with E-state index in [2.05, 4.69) is 5.32 Å². The Morgan fingerprint density at radius 3 is 1.58 bits per heavy atom. The van der Waals surface area contributed by atoms with Crippen LogP contribution in [0.4, 0.5) is 28.4 Å². The number of hydrogen-bond donors (Lipinski definition) is 1. The van der Waals surface area contributed by atoms with Crippen LogP contribution < -0.4 is 5.32 Å². The number of nitro benzene ring substituents is 3. The SMILES string of the molecule is O=[N+]([O-])c1cc([N+](=O)[O-])c(Nc2cc(Cl)cc(Cl)c2)c([N+](=O)[O-])c1. The predicted molar refractivity (Wildman–Crippen MR) is 86.1 cm³/mol. The average molecular weight is 373 g/mol. The Balaban J connectivity index is 2.68. The highest BCUT2D eigenvalue weighted by Crippen LogP contribution is 2.40. The number of halogens is 2. The number of benzene rings is 2. The molecule has 0 saturated carbocycles. The number of anilines is 2. The Kier molecular flexibility index (Phi) is 4.81. The number of nitrogens with one attached hydrogen (secondary N) is 1. The summed E-state index contributed by atoms with van der Waals surface area (Å²) in [5, 5.41) is 36.0. The summed E-state index contributed by atoms with van der Waals surface area (Å²) in [4.78, 5) is 30.3. The van der Waals surface area contributed by atoms with Crippen LogP contribution in [-0.2, 0) is 0 Å². The van der Waals surface area contributed by atoms with Gasteiger partial charge >= 0.3 is 11.4 Å². The molecule has 0 aliphatic rings. The van der Waals surface area contributed by atoms with Crippen LogP contribution in [0, 0.1) is 30.3 Å². The first kappa shape index (κ1) is 17.4. The van der Waals surface area contributed by atoms with Crippen LogP contribution in [0.15, 0.2) is 30.3 Å². The van der Waals surface area contributed by atoms with E-state index in [0.717, 1.165) is 0 Å². The molecule has 12 heteroatoms. The lowest BCUT2D eigenvalue weighted by atomic mass is 10.2. The minimum Gasteiger partial charge on any atom is -0.344 e. The highest BCUT2D eigenvalue weighted by atomic mass is 35.5. The zero-order valence-corrected chi connectivity index (χ0v) is 12.9. The third-order valence-corrected chi connectivity index (χ3v) is 3.25. The van der Waals surface area contributed by atoms with Gasteiger partial charge in [-0.05, 0) is 18.2 Å². The van der Waals surface area contributed by atoms with E-state index in [1.807, 2.05) is 0 Å². The standard InChI is InChI=1S/C12H6Cl2N4O6/c13-6-1-7(14)3-8(2-6)15-12-10(17(21)22)4-9(16(19)20)5-11(12)18(23)24/h1-5,15H. The molecule has 0 saturated heterocycles. The molecule has 2 aromatic carbocycles. The first-order valence-corrected chi connectivity index (χ1v) is 6.79. The van der Waals surface area contributed by atoms with E-state index < -0.39 is 37.5 Å². The van der Waals surface area contributed by atoms with E-state index in [-0.39, 0.29) is 15.7 Å². The van der Waals surface area contributed by atoms with Gasteiger partial charge < -0.3 is 5.32 Å². The van der Waals surface area contributed by atoms with Crippen LogP contribution in [0.3, 0.4) is 0 Å². The molecule has 0 radical (unpaired) electrons. The summed E-state index contributed by atoms with van der Waals surface area (Å²) in [5.41, 5.74) is -2.80. The summed E-state index contributed by atoms with van der Waals surface area (Å²) in [7, 11) is 0. The molecule has 0 aromatic heterocycles. The normalized spacial score (nSPS) is 10.2. The smallest absolute Gasteiger partial charge is 0.306 e. The monoisotopic (exact) mass is 372 g/mol. The van der Waals surface area contributed by atoms with Gasteiger partial charge in [-0.1, -0.05) is 23.2 Å². The zero-order chi connectivity index (χ0) is 18.0. The second-order valence-electron chi connectivity index (χ2n) is 4.41. The summed E-state index contributed by atoms with van der Waals surface area (Å²) in [6.45, 7) is 0. The number of rotatable bonds is 5. The summed E-state index contributed by atoms with van der Waals surface area (Å²) in [5.74, 6) is 0. The Morgan fingerprint density at radius 1 is 0.750 bits per heavy atom. The molecule has 10 nitrogen and oxygen atoms in total. The van der Waals surface area contributed by atoms with Gasteiger partial charge in [0.25, 0.3) is 5.69 Å². The third-order valence-electron chi connectivity index (χ3n) is 2.82. The lowest BCUT2D eigenvalue weighted by molar-refractivity contribution is -0.401. The van der Waals surface area contributed by atoms with Crippen LogP contribution in [0.5, 0.6) is 0 Å². The van der Waals surface area contributed by atoms with E-state index in [4.69, 9.17) is 23.2 Å². The fourth-order valence-electron chi connectivity index (χ4n) is 1.89. The number of nitro groups is 3. The number of nitrogens with zero attached hydrogens (tertiary/aromatic N) is 3. The maximum Gasteiger partial charge on any atom is 0.306 e. The largest absolute Gasteiger partial charge is 0.344 e. The van der Waals surface area contributed by atoms with Gasteiger partial charge in [0, 0.05) is 15.7 Å². The van der Waals surface area contributed by atoms with E-state index >= 15 is 0 Å². The first-order chi connectivity index (χ1) is 11.2. The highest BCUT2D eigenvalue weighted by Gasteiger charge is 2.30. The summed E-state index contributed by atoms with van der Waals surface area (Å²) >= 11 is 11.6. The molecule has 0 bridgehead atoms. The van der Waals surface area contributed by atoms with Crippen molar-refractivity contribution in [1.82, 2.24) is 0 Å². The van der Waals surface area contributed by atoms with Crippen LogP contribution in [0.1, 0.15) is 0 Å². The number of hydrogen-bond acceptors (Lipinski definition) is 7. The van der Waals surface area contributed by atoms with E-state index in [0.29, 0.717) is 12.1 Å². The molecule has 124 valence electrons. The minimum absolute atomic E-state index is 0.146. The summed E-state index contributed by atoms with van der Waals surface area (Å²) < 4.78 is 0. The Labute approximate surface area is 143 Å². The van der Waals surface area contributed by atoms with Crippen molar-refractivity contribution in [2.24, 2.45) is 0 Å². The minimum atomic E-state index is -0.964. The van der Waals surface area contributed by atoms with Crippen molar-refractivity contribution in [3.63, 3.8) is 0 Å². The van der Waals surface area contributed by atoms with Crippen molar-refractivity contribution in [2.45, 2.75) is 0 Å². The van der Waals surface area contributed by atoms with E-state index in [9.17, 15) is 30.3 Å². The molecule has 0 heterocycles. The second kappa shape index (κ2) is 6.64. The molecule has 1 N–H and O–H groups in total. The lowest BCUT2D eigenvalue weighted by Gasteiger charge is -2.09. The van der Waals surface area contributed by atoms with Gasteiger partial charge in [-0.2, -0.15) is 0 Å². The quantitative estimate of drug-likeness (QED) is 0.602. The summed E-state index contributed by atoms with van der Waals surface area (Å²) in [6, 6.07) is 5.32. The van der Waals surface area contributed by atoms with E-state index in [1.165, 1.54) is 18.2 Å². The van der Waals surface area contributed by atoms with Gasteiger partial charge in [-0.15, -0.1) is 0 Å². The first-order valence-electron chi connectivity index (χ1n) is 6.03. The van der Waals surface area contributed by atoms with Gasteiger partial charge in [-0.3, -0.25) is 30.3 Å².